The molecule has 0 unspecified atom stereocenters. The molecule has 0 spiro atoms. The maximum atomic E-state index is 13.1. The maximum Gasteiger partial charge on any atom is 0.325 e. The van der Waals surface area contributed by atoms with E-state index in [1.54, 1.807) is 42.5 Å². The molecule has 1 N–H and O–H groups in total. The second-order valence-corrected chi connectivity index (χ2v) is 7.63. The van der Waals surface area contributed by atoms with Gasteiger partial charge in [-0.25, -0.2) is 4.39 Å². The lowest BCUT2D eigenvalue weighted by atomic mass is 10.1. The van der Waals surface area contributed by atoms with Crippen LogP contribution in [0.4, 0.5) is 4.39 Å². The van der Waals surface area contributed by atoms with E-state index < -0.39 is 18.5 Å². The standard InChI is InChI=1S/C25H25FN2O4/c1-16-4-8-20(9-5-16)25(31)27-13-24(30)32-15-23(29)22-12-17(2)28(18(22)3)14-19-6-10-21(26)11-7-19/h4-12H,13-15H2,1-3H3,(H,27,31). The van der Waals surface area contributed by atoms with Crippen molar-refractivity contribution in [1.29, 1.82) is 0 Å². The van der Waals surface area contributed by atoms with Crippen molar-refractivity contribution in [2.75, 3.05) is 13.2 Å². The SMILES string of the molecule is Cc1ccc(C(=O)NCC(=O)OCC(=O)c2cc(C)n(Cc3ccc(F)cc3)c2C)cc1. The van der Waals surface area contributed by atoms with Crippen LogP contribution in [0.5, 0.6) is 0 Å². The number of aryl methyl sites for hydroxylation is 2. The number of hydrogen-bond donors (Lipinski definition) is 1. The molecule has 0 aliphatic rings. The van der Waals surface area contributed by atoms with Crippen LogP contribution < -0.4 is 5.32 Å². The molecule has 0 saturated heterocycles. The molecule has 1 heterocycles. The highest BCUT2D eigenvalue weighted by Crippen LogP contribution is 2.18. The van der Waals surface area contributed by atoms with Gasteiger partial charge in [-0.05, 0) is 56.7 Å². The highest BCUT2D eigenvalue weighted by atomic mass is 19.1. The number of Topliss-reactive ketones (excluding diaryl/α,β-unsaturated/α-hetero) is 1. The van der Waals surface area contributed by atoms with Crippen molar-refractivity contribution in [3.63, 3.8) is 0 Å². The van der Waals surface area contributed by atoms with Crippen LogP contribution in [0.25, 0.3) is 0 Å². The molecule has 0 radical (unpaired) electrons. The van der Waals surface area contributed by atoms with Gasteiger partial charge < -0.3 is 14.6 Å². The van der Waals surface area contributed by atoms with E-state index in [1.165, 1.54) is 12.1 Å². The average molecular weight is 436 g/mol. The molecule has 3 aromatic rings. The van der Waals surface area contributed by atoms with Crippen LogP contribution in [0.1, 0.15) is 43.2 Å². The first kappa shape index (κ1) is 22.9. The Morgan fingerprint density at radius 3 is 2.28 bits per heavy atom. The van der Waals surface area contributed by atoms with Crippen molar-refractivity contribution in [1.82, 2.24) is 9.88 Å². The molecule has 0 bridgehead atoms. The Kier molecular flexibility index (Phi) is 7.20. The second-order valence-electron chi connectivity index (χ2n) is 7.63. The number of halogens is 1. The number of amides is 1. The van der Waals surface area contributed by atoms with Crippen LogP contribution in [0.3, 0.4) is 0 Å². The van der Waals surface area contributed by atoms with Gasteiger partial charge in [0.05, 0.1) is 0 Å². The number of esters is 1. The fourth-order valence-electron chi connectivity index (χ4n) is 3.33. The van der Waals surface area contributed by atoms with E-state index in [0.29, 0.717) is 17.7 Å². The van der Waals surface area contributed by atoms with Crippen LogP contribution >= 0.6 is 0 Å². The summed E-state index contributed by atoms with van der Waals surface area (Å²) in [5.74, 6) is -1.72. The first-order chi connectivity index (χ1) is 15.2. The van der Waals surface area contributed by atoms with E-state index in [1.807, 2.05) is 25.3 Å². The smallest absolute Gasteiger partial charge is 0.325 e. The van der Waals surface area contributed by atoms with Crippen LogP contribution in [0, 0.1) is 26.6 Å². The third-order valence-corrected chi connectivity index (χ3v) is 5.20. The molecule has 1 amide bonds. The molecular weight excluding hydrogens is 411 g/mol. The summed E-state index contributed by atoms with van der Waals surface area (Å²) in [5, 5.41) is 2.48. The largest absolute Gasteiger partial charge is 0.456 e. The minimum absolute atomic E-state index is 0.303. The molecule has 0 aliphatic heterocycles. The van der Waals surface area contributed by atoms with Gasteiger partial charge in [0.1, 0.15) is 12.4 Å². The van der Waals surface area contributed by atoms with Crippen LogP contribution in [-0.2, 0) is 16.1 Å². The van der Waals surface area contributed by atoms with Crippen molar-refractivity contribution in [3.05, 3.63) is 94.1 Å². The van der Waals surface area contributed by atoms with Crippen LogP contribution in [-0.4, -0.2) is 35.4 Å². The fraction of sp³-hybridized carbons (Fsp3) is 0.240. The summed E-state index contributed by atoms with van der Waals surface area (Å²) in [6, 6.07) is 14.9. The Hall–Kier alpha value is -3.74. The summed E-state index contributed by atoms with van der Waals surface area (Å²) in [5.41, 5.74) is 4.43. The number of rotatable bonds is 8. The van der Waals surface area contributed by atoms with Crippen LogP contribution in [0.15, 0.2) is 54.6 Å². The third-order valence-electron chi connectivity index (χ3n) is 5.20. The van der Waals surface area contributed by atoms with E-state index in [4.69, 9.17) is 4.74 Å². The molecular formula is C25H25FN2O4. The molecule has 166 valence electrons. The quantitative estimate of drug-likeness (QED) is 0.431. The third kappa shape index (κ3) is 5.69. The highest BCUT2D eigenvalue weighted by Gasteiger charge is 2.18. The van der Waals surface area contributed by atoms with Gasteiger partial charge in [-0.2, -0.15) is 0 Å². The molecule has 0 atom stereocenters. The molecule has 0 fully saturated rings. The number of ether oxygens (including phenoxy) is 1. The summed E-state index contributed by atoms with van der Waals surface area (Å²) >= 11 is 0. The van der Waals surface area contributed by atoms with E-state index in [0.717, 1.165) is 22.5 Å². The lowest BCUT2D eigenvalue weighted by Gasteiger charge is -2.10. The van der Waals surface area contributed by atoms with Gasteiger partial charge >= 0.3 is 5.97 Å². The summed E-state index contributed by atoms with van der Waals surface area (Å²) < 4.78 is 20.1. The highest BCUT2D eigenvalue weighted by molar-refractivity contribution is 6.00. The monoisotopic (exact) mass is 436 g/mol. The summed E-state index contributed by atoms with van der Waals surface area (Å²) in [7, 11) is 0. The second kappa shape index (κ2) is 10.0. The molecule has 1 aromatic heterocycles. The van der Waals surface area contributed by atoms with Crippen molar-refractivity contribution in [3.8, 4) is 0 Å². The van der Waals surface area contributed by atoms with Crippen molar-refractivity contribution in [2.45, 2.75) is 27.3 Å². The number of nitrogens with zero attached hydrogens (tertiary/aromatic N) is 1. The summed E-state index contributed by atoms with van der Waals surface area (Å²) in [6.07, 6.45) is 0. The molecule has 2 aromatic carbocycles. The zero-order valence-corrected chi connectivity index (χ0v) is 18.3. The molecule has 3 rings (SSSR count). The summed E-state index contributed by atoms with van der Waals surface area (Å²) in [6.45, 7) is 5.35. The van der Waals surface area contributed by atoms with E-state index in [2.05, 4.69) is 5.32 Å². The predicted molar refractivity (Wildman–Crippen MR) is 118 cm³/mol. The normalized spacial score (nSPS) is 10.6. The lowest BCUT2D eigenvalue weighted by molar-refractivity contribution is -0.141. The number of ketones is 1. The molecule has 0 aliphatic carbocycles. The van der Waals surface area contributed by atoms with Crippen molar-refractivity contribution in [2.24, 2.45) is 0 Å². The van der Waals surface area contributed by atoms with Crippen molar-refractivity contribution < 1.29 is 23.5 Å². The maximum absolute atomic E-state index is 13.1. The van der Waals surface area contributed by atoms with Gasteiger partial charge in [-0.15, -0.1) is 0 Å². The van der Waals surface area contributed by atoms with E-state index in [9.17, 15) is 18.8 Å². The van der Waals surface area contributed by atoms with Gasteiger partial charge in [0.25, 0.3) is 5.91 Å². The van der Waals surface area contributed by atoms with Gasteiger partial charge in [-0.1, -0.05) is 29.8 Å². The van der Waals surface area contributed by atoms with Gasteiger partial charge in [0.15, 0.2) is 6.61 Å². The summed E-state index contributed by atoms with van der Waals surface area (Å²) in [4.78, 5) is 36.6. The Balaban J connectivity index is 1.54. The Bertz CT molecular complexity index is 1130. The van der Waals surface area contributed by atoms with E-state index >= 15 is 0 Å². The van der Waals surface area contributed by atoms with Crippen molar-refractivity contribution >= 4 is 17.7 Å². The van der Waals surface area contributed by atoms with Gasteiger partial charge in [-0.3, -0.25) is 14.4 Å². The number of carbonyl (C=O) groups excluding carboxylic acids is 3. The average Bonchev–Trinajstić information content (AvgIpc) is 3.06. The molecule has 6 nitrogen and oxygen atoms in total. The Labute approximate surface area is 186 Å². The minimum atomic E-state index is -0.695. The zero-order chi connectivity index (χ0) is 23.3. The Morgan fingerprint density at radius 1 is 0.969 bits per heavy atom. The fourth-order valence-corrected chi connectivity index (χ4v) is 3.33. The lowest BCUT2D eigenvalue weighted by Crippen LogP contribution is -2.31. The van der Waals surface area contributed by atoms with Gasteiger partial charge in [0.2, 0.25) is 5.78 Å². The number of carbonyl (C=O) groups is 3. The van der Waals surface area contributed by atoms with Gasteiger partial charge in [0, 0.05) is 29.1 Å². The number of benzene rings is 2. The number of aromatic nitrogens is 1. The van der Waals surface area contributed by atoms with E-state index in [-0.39, 0.29) is 18.1 Å². The molecule has 0 saturated carbocycles. The number of nitrogens with one attached hydrogen (secondary N) is 1. The molecule has 32 heavy (non-hydrogen) atoms. The first-order valence-corrected chi connectivity index (χ1v) is 10.2. The predicted octanol–water partition coefficient (Wildman–Crippen LogP) is 3.76. The van der Waals surface area contributed by atoms with Crippen LogP contribution in [0.2, 0.25) is 0 Å². The Morgan fingerprint density at radius 2 is 1.62 bits per heavy atom. The zero-order valence-electron chi connectivity index (χ0n) is 18.3. The first-order valence-electron chi connectivity index (χ1n) is 10.2. The number of hydrogen-bond acceptors (Lipinski definition) is 4. The minimum Gasteiger partial charge on any atom is -0.456 e. The molecule has 7 heteroatoms. The topological polar surface area (TPSA) is 77.4 Å².